The van der Waals surface area contributed by atoms with Crippen molar-refractivity contribution >= 4 is 44.7 Å². The van der Waals surface area contributed by atoms with Gasteiger partial charge in [0.2, 0.25) is 5.91 Å². The molecule has 0 unspecified atom stereocenters. The van der Waals surface area contributed by atoms with Crippen LogP contribution in [0.4, 0.5) is 11.4 Å². The number of aryl methyl sites for hydroxylation is 1. The number of fused-ring (bicyclic) bond motifs is 1. The molecule has 0 aliphatic heterocycles. The summed E-state index contributed by atoms with van der Waals surface area (Å²) in [6.07, 6.45) is 1.31. The van der Waals surface area contributed by atoms with Crippen LogP contribution in [0, 0.1) is 6.92 Å². The van der Waals surface area contributed by atoms with Gasteiger partial charge in [0.05, 0.1) is 30.8 Å². The number of benzene rings is 2. The van der Waals surface area contributed by atoms with Crippen molar-refractivity contribution in [1.29, 1.82) is 0 Å². The average Bonchev–Trinajstić information content (AvgIpc) is 3.18. The molecule has 0 saturated heterocycles. The second-order valence-electron chi connectivity index (χ2n) is 7.35. The van der Waals surface area contributed by atoms with Gasteiger partial charge >= 0.3 is 0 Å². The van der Waals surface area contributed by atoms with E-state index in [1.54, 1.807) is 37.3 Å². The standard InChI is InChI=1S/C24H22N4O5S/c1-14-20-23(34-21(14)22(30)27-15-7-5-4-6-8-15)25-13-28(24(20)31)12-19(29)26-16-9-10-17(32-2)18(11-16)33-3/h4-11,13H,12H2,1-3H3,(H,26,29)(H,27,30). The summed E-state index contributed by atoms with van der Waals surface area (Å²) in [4.78, 5) is 43.6. The minimum Gasteiger partial charge on any atom is -0.493 e. The zero-order valence-corrected chi connectivity index (χ0v) is 19.6. The van der Waals surface area contributed by atoms with Crippen LogP contribution >= 0.6 is 11.3 Å². The first-order chi connectivity index (χ1) is 16.4. The molecule has 0 saturated carbocycles. The van der Waals surface area contributed by atoms with E-state index in [0.29, 0.717) is 43.5 Å². The highest BCUT2D eigenvalue weighted by Gasteiger charge is 2.20. The molecular weight excluding hydrogens is 456 g/mol. The number of para-hydroxylation sites is 1. The third-order valence-corrected chi connectivity index (χ3v) is 6.34. The molecule has 10 heteroatoms. The third-order valence-electron chi connectivity index (χ3n) is 5.14. The highest BCUT2D eigenvalue weighted by atomic mass is 32.1. The van der Waals surface area contributed by atoms with Crippen molar-refractivity contribution in [2.75, 3.05) is 24.9 Å². The van der Waals surface area contributed by atoms with E-state index in [1.165, 1.54) is 25.1 Å². The Hall–Kier alpha value is -4.18. The Morgan fingerprint density at radius 3 is 2.44 bits per heavy atom. The highest BCUT2D eigenvalue weighted by molar-refractivity contribution is 7.20. The summed E-state index contributed by atoms with van der Waals surface area (Å²) in [5.41, 5.74) is 1.29. The lowest BCUT2D eigenvalue weighted by molar-refractivity contribution is -0.116. The molecule has 174 valence electrons. The number of methoxy groups -OCH3 is 2. The Morgan fingerprint density at radius 2 is 1.74 bits per heavy atom. The number of hydrogen-bond acceptors (Lipinski definition) is 7. The van der Waals surface area contributed by atoms with Gasteiger partial charge in [0.25, 0.3) is 11.5 Å². The van der Waals surface area contributed by atoms with Gasteiger partial charge in [-0.25, -0.2) is 4.98 Å². The lowest BCUT2D eigenvalue weighted by atomic mass is 10.2. The van der Waals surface area contributed by atoms with E-state index < -0.39 is 5.91 Å². The van der Waals surface area contributed by atoms with Gasteiger partial charge in [-0.05, 0) is 36.8 Å². The number of carbonyl (C=O) groups is 2. The molecule has 0 fully saturated rings. The summed E-state index contributed by atoms with van der Waals surface area (Å²) in [7, 11) is 3.02. The zero-order valence-electron chi connectivity index (χ0n) is 18.7. The minimum atomic E-state index is -0.412. The van der Waals surface area contributed by atoms with E-state index >= 15 is 0 Å². The van der Waals surface area contributed by atoms with Gasteiger partial charge in [-0.2, -0.15) is 0 Å². The van der Waals surface area contributed by atoms with Crippen molar-refractivity contribution in [3.63, 3.8) is 0 Å². The lowest BCUT2D eigenvalue weighted by Gasteiger charge is -2.11. The molecule has 2 heterocycles. The average molecular weight is 479 g/mol. The summed E-state index contributed by atoms with van der Waals surface area (Å²) in [5, 5.41) is 5.88. The molecule has 0 atom stereocenters. The van der Waals surface area contributed by atoms with E-state index in [4.69, 9.17) is 9.47 Å². The number of rotatable bonds is 7. The zero-order chi connectivity index (χ0) is 24.2. The second kappa shape index (κ2) is 9.75. The molecule has 4 aromatic rings. The van der Waals surface area contributed by atoms with Crippen LogP contribution in [0.1, 0.15) is 15.2 Å². The van der Waals surface area contributed by atoms with Crippen LogP contribution in [0.15, 0.2) is 59.7 Å². The first-order valence-corrected chi connectivity index (χ1v) is 11.1. The molecule has 0 radical (unpaired) electrons. The summed E-state index contributed by atoms with van der Waals surface area (Å²) in [5.74, 6) is 0.274. The van der Waals surface area contributed by atoms with Crippen LogP contribution in [0.5, 0.6) is 11.5 Å². The number of nitrogens with one attached hydrogen (secondary N) is 2. The van der Waals surface area contributed by atoms with Gasteiger partial charge in [-0.3, -0.25) is 19.0 Å². The number of ether oxygens (including phenoxy) is 2. The van der Waals surface area contributed by atoms with Gasteiger partial charge in [0, 0.05) is 17.4 Å². The van der Waals surface area contributed by atoms with Crippen LogP contribution in [-0.2, 0) is 11.3 Å². The second-order valence-corrected chi connectivity index (χ2v) is 8.35. The predicted octanol–water partition coefficient (Wildman–Crippen LogP) is 3.67. The smallest absolute Gasteiger partial charge is 0.266 e. The normalized spacial score (nSPS) is 10.7. The maximum absolute atomic E-state index is 13.1. The molecule has 2 aromatic heterocycles. The Morgan fingerprint density at radius 1 is 1.00 bits per heavy atom. The minimum absolute atomic E-state index is 0.239. The number of amides is 2. The Bertz CT molecular complexity index is 1430. The predicted molar refractivity (Wildman–Crippen MR) is 131 cm³/mol. The van der Waals surface area contributed by atoms with Crippen molar-refractivity contribution < 1.29 is 19.1 Å². The number of carbonyl (C=O) groups excluding carboxylic acids is 2. The van der Waals surface area contributed by atoms with Crippen molar-refractivity contribution in [2.45, 2.75) is 13.5 Å². The topological polar surface area (TPSA) is 112 Å². The highest BCUT2D eigenvalue weighted by Crippen LogP contribution is 2.30. The molecule has 4 rings (SSSR count). The molecule has 2 aromatic carbocycles. The van der Waals surface area contributed by atoms with Gasteiger partial charge in [0.1, 0.15) is 11.4 Å². The van der Waals surface area contributed by atoms with Crippen LogP contribution in [-0.4, -0.2) is 35.6 Å². The van der Waals surface area contributed by atoms with E-state index in [-0.39, 0.29) is 18.0 Å². The van der Waals surface area contributed by atoms with Gasteiger partial charge in [0.15, 0.2) is 11.5 Å². The van der Waals surface area contributed by atoms with Gasteiger partial charge < -0.3 is 20.1 Å². The maximum atomic E-state index is 13.1. The molecule has 0 bridgehead atoms. The molecule has 9 nitrogen and oxygen atoms in total. The molecule has 0 aliphatic carbocycles. The maximum Gasteiger partial charge on any atom is 0.266 e. The number of hydrogen-bond donors (Lipinski definition) is 2. The molecule has 2 N–H and O–H groups in total. The number of aromatic nitrogens is 2. The largest absolute Gasteiger partial charge is 0.493 e. The van der Waals surface area contributed by atoms with Crippen LogP contribution in [0.3, 0.4) is 0 Å². The van der Waals surface area contributed by atoms with Gasteiger partial charge in [-0.15, -0.1) is 11.3 Å². The van der Waals surface area contributed by atoms with Crippen LogP contribution in [0.25, 0.3) is 10.2 Å². The fraction of sp³-hybridized carbons (Fsp3) is 0.167. The molecule has 34 heavy (non-hydrogen) atoms. The Kier molecular flexibility index (Phi) is 6.60. The Labute approximate surface area is 199 Å². The monoisotopic (exact) mass is 478 g/mol. The fourth-order valence-corrected chi connectivity index (χ4v) is 4.50. The van der Waals surface area contributed by atoms with E-state index in [1.807, 2.05) is 18.2 Å². The van der Waals surface area contributed by atoms with Crippen molar-refractivity contribution in [3.05, 3.63) is 75.7 Å². The lowest BCUT2D eigenvalue weighted by Crippen LogP contribution is -2.28. The first kappa shape index (κ1) is 23.0. The van der Waals surface area contributed by atoms with E-state index in [0.717, 1.165) is 11.3 Å². The van der Waals surface area contributed by atoms with E-state index in [9.17, 15) is 14.4 Å². The number of thiophene rings is 1. The summed E-state index contributed by atoms with van der Waals surface area (Å²) in [6, 6.07) is 14.0. The van der Waals surface area contributed by atoms with Crippen molar-refractivity contribution in [1.82, 2.24) is 9.55 Å². The van der Waals surface area contributed by atoms with Crippen LogP contribution < -0.4 is 25.7 Å². The van der Waals surface area contributed by atoms with Gasteiger partial charge in [-0.1, -0.05) is 18.2 Å². The van der Waals surface area contributed by atoms with Crippen molar-refractivity contribution in [3.8, 4) is 11.5 Å². The SMILES string of the molecule is COc1ccc(NC(=O)Cn2cnc3sc(C(=O)Nc4ccccc4)c(C)c3c2=O)cc1OC. The molecule has 2 amide bonds. The van der Waals surface area contributed by atoms with Crippen molar-refractivity contribution in [2.24, 2.45) is 0 Å². The number of nitrogens with zero attached hydrogens (tertiary/aromatic N) is 2. The summed E-state index contributed by atoms with van der Waals surface area (Å²) in [6.45, 7) is 1.47. The first-order valence-electron chi connectivity index (χ1n) is 10.3. The fourth-order valence-electron chi connectivity index (χ4n) is 3.47. The number of anilines is 2. The van der Waals surface area contributed by atoms with E-state index in [2.05, 4.69) is 15.6 Å². The third kappa shape index (κ3) is 4.62. The molecular formula is C24H22N4O5S. The summed E-state index contributed by atoms with van der Waals surface area (Å²) < 4.78 is 11.7. The quantitative estimate of drug-likeness (QED) is 0.419. The Balaban J connectivity index is 1.55. The summed E-state index contributed by atoms with van der Waals surface area (Å²) >= 11 is 1.14. The molecule has 0 aliphatic rings. The van der Waals surface area contributed by atoms with Crippen LogP contribution in [0.2, 0.25) is 0 Å². The molecule has 0 spiro atoms.